The number of benzene rings is 1. The van der Waals surface area contributed by atoms with E-state index in [4.69, 9.17) is 0 Å². The van der Waals surface area contributed by atoms with Gasteiger partial charge in [-0.2, -0.15) is 11.8 Å². The van der Waals surface area contributed by atoms with E-state index in [0.717, 1.165) is 19.0 Å². The van der Waals surface area contributed by atoms with Gasteiger partial charge in [-0.1, -0.05) is 30.3 Å². The molecular weight excluding hydrogens is 278 g/mol. The Labute approximate surface area is 133 Å². The van der Waals surface area contributed by atoms with Gasteiger partial charge in [0.15, 0.2) is 5.96 Å². The van der Waals surface area contributed by atoms with Crippen molar-refractivity contribution >= 4 is 17.7 Å². The van der Waals surface area contributed by atoms with Crippen LogP contribution in [-0.4, -0.2) is 37.1 Å². The van der Waals surface area contributed by atoms with Crippen LogP contribution < -0.4 is 10.6 Å². The molecule has 2 N–H and O–H groups in total. The number of hydrogen-bond donors (Lipinski definition) is 2. The first-order chi connectivity index (χ1) is 10.3. The van der Waals surface area contributed by atoms with Crippen molar-refractivity contribution in [1.29, 1.82) is 0 Å². The molecule has 2 rings (SSSR count). The van der Waals surface area contributed by atoms with Crippen molar-refractivity contribution in [1.82, 2.24) is 10.6 Å². The van der Waals surface area contributed by atoms with Gasteiger partial charge in [0.2, 0.25) is 0 Å². The molecule has 0 radical (unpaired) electrons. The van der Waals surface area contributed by atoms with Crippen LogP contribution in [0.3, 0.4) is 0 Å². The van der Waals surface area contributed by atoms with Crippen LogP contribution in [0.25, 0.3) is 0 Å². The molecule has 0 aliphatic heterocycles. The molecule has 0 spiro atoms. The predicted octanol–water partition coefficient (Wildman–Crippen LogP) is 3.24. The van der Waals surface area contributed by atoms with E-state index in [9.17, 15) is 0 Å². The lowest BCUT2D eigenvalue weighted by atomic mass is 10.1. The fourth-order valence-electron chi connectivity index (χ4n) is 2.47. The number of hydrogen-bond acceptors (Lipinski definition) is 2. The Morgan fingerprint density at radius 2 is 2.10 bits per heavy atom. The van der Waals surface area contributed by atoms with Gasteiger partial charge < -0.3 is 10.6 Å². The van der Waals surface area contributed by atoms with Crippen molar-refractivity contribution in [2.24, 2.45) is 4.99 Å². The second-order valence-corrected chi connectivity index (χ2v) is 6.45. The van der Waals surface area contributed by atoms with Gasteiger partial charge in [-0.25, -0.2) is 0 Å². The smallest absolute Gasteiger partial charge is 0.191 e. The molecule has 1 aliphatic rings. The summed E-state index contributed by atoms with van der Waals surface area (Å²) in [6.45, 7) is 3.95. The first-order valence-corrected chi connectivity index (χ1v) is 9.33. The van der Waals surface area contributed by atoms with E-state index in [1.54, 1.807) is 0 Å². The lowest BCUT2D eigenvalue weighted by molar-refractivity contribution is 0.767. The summed E-state index contributed by atoms with van der Waals surface area (Å²) >= 11 is 1.91. The number of guanidine groups is 1. The van der Waals surface area contributed by atoms with E-state index >= 15 is 0 Å². The van der Waals surface area contributed by atoms with E-state index in [0.29, 0.717) is 12.0 Å². The molecule has 116 valence electrons. The Balaban J connectivity index is 1.77. The Hall–Kier alpha value is -1.16. The van der Waals surface area contributed by atoms with Crippen LogP contribution in [0.2, 0.25) is 0 Å². The molecule has 0 bridgehead atoms. The molecule has 0 amide bonds. The van der Waals surface area contributed by atoms with Crippen LogP contribution in [0.15, 0.2) is 35.3 Å². The third kappa shape index (κ3) is 5.62. The molecule has 0 saturated heterocycles. The second-order valence-electron chi connectivity index (χ2n) is 5.46. The normalized spacial score (nSPS) is 21.1. The molecule has 21 heavy (non-hydrogen) atoms. The number of aliphatic imine (C=N–C) groups is 1. The van der Waals surface area contributed by atoms with Crippen LogP contribution in [0.1, 0.15) is 37.7 Å². The SMILES string of the molecule is CCNC(=NCCCCSC)NC1CC1c1ccccc1. The van der Waals surface area contributed by atoms with Gasteiger partial charge in [0.25, 0.3) is 0 Å². The van der Waals surface area contributed by atoms with Crippen LogP contribution in [0, 0.1) is 0 Å². The molecule has 2 atom stereocenters. The fourth-order valence-corrected chi connectivity index (χ4v) is 2.96. The molecule has 1 fully saturated rings. The summed E-state index contributed by atoms with van der Waals surface area (Å²) in [5, 5.41) is 6.92. The molecular formula is C17H27N3S. The topological polar surface area (TPSA) is 36.4 Å². The highest BCUT2D eigenvalue weighted by molar-refractivity contribution is 7.98. The fraction of sp³-hybridized carbons (Fsp3) is 0.588. The third-order valence-corrected chi connectivity index (χ3v) is 4.41. The average molecular weight is 305 g/mol. The number of unbranched alkanes of at least 4 members (excludes halogenated alkanes) is 1. The highest BCUT2D eigenvalue weighted by atomic mass is 32.2. The van der Waals surface area contributed by atoms with Gasteiger partial charge in [0, 0.05) is 25.0 Å². The molecule has 3 nitrogen and oxygen atoms in total. The monoisotopic (exact) mass is 305 g/mol. The number of thioether (sulfide) groups is 1. The molecule has 1 aromatic rings. The molecule has 1 aromatic carbocycles. The van der Waals surface area contributed by atoms with Gasteiger partial charge in [-0.05, 0) is 43.8 Å². The zero-order chi connectivity index (χ0) is 14.9. The Morgan fingerprint density at radius 3 is 2.81 bits per heavy atom. The van der Waals surface area contributed by atoms with Crippen LogP contribution >= 0.6 is 11.8 Å². The zero-order valence-electron chi connectivity index (χ0n) is 13.1. The summed E-state index contributed by atoms with van der Waals surface area (Å²) in [5.74, 6) is 2.86. The van der Waals surface area contributed by atoms with Gasteiger partial charge in [-0.15, -0.1) is 0 Å². The van der Waals surface area contributed by atoms with Crippen molar-refractivity contribution in [2.45, 2.75) is 38.1 Å². The van der Waals surface area contributed by atoms with Gasteiger partial charge >= 0.3 is 0 Å². The number of rotatable bonds is 8. The summed E-state index contributed by atoms with van der Waals surface area (Å²) in [4.78, 5) is 4.68. The van der Waals surface area contributed by atoms with E-state index in [2.05, 4.69) is 59.1 Å². The van der Waals surface area contributed by atoms with Crippen molar-refractivity contribution in [3.8, 4) is 0 Å². The summed E-state index contributed by atoms with van der Waals surface area (Å²) < 4.78 is 0. The van der Waals surface area contributed by atoms with Crippen molar-refractivity contribution in [2.75, 3.05) is 25.1 Å². The lowest BCUT2D eigenvalue weighted by Gasteiger charge is -2.11. The van der Waals surface area contributed by atoms with E-state index in [1.807, 2.05) is 11.8 Å². The molecule has 0 aromatic heterocycles. The molecule has 0 heterocycles. The van der Waals surface area contributed by atoms with Gasteiger partial charge in [-0.3, -0.25) is 4.99 Å². The van der Waals surface area contributed by atoms with Crippen molar-refractivity contribution in [3.05, 3.63) is 35.9 Å². The molecule has 1 aliphatic carbocycles. The van der Waals surface area contributed by atoms with Gasteiger partial charge in [0.05, 0.1) is 0 Å². The lowest BCUT2D eigenvalue weighted by Crippen LogP contribution is -2.39. The van der Waals surface area contributed by atoms with E-state index in [-0.39, 0.29) is 0 Å². The van der Waals surface area contributed by atoms with Crippen LogP contribution in [-0.2, 0) is 0 Å². The van der Waals surface area contributed by atoms with Crippen LogP contribution in [0.5, 0.6) is 0 Å². The Bertz CT molecular complexity index is 433. The molecule has 2 unspecified atom stereocenters. The second kappa shape index (κ2) is 8.98. The maximum absolute atomic E-state index is 4.68. The first-order valence-electron chi connectivity index (χ1n) is 7.94. The largest absolute Gasteiger partial charge is 0.357 e. The van der Waals surface area contributed by atoms with Gasteiger partial charge in [0.1, 0.15) is 0 Å². The van der Waals surface area contributed by atoms with Crippen molar-refractivity contribution < 1.29 is 0 Å². The minimum atomic E-state index is 0.538. The summed E-state index contributed by atoms with van der Waals surface area (Å²) in [7, 11) is 0. The Kier molecular flexibility index (Phi) is 6.93. The maximum Gasteiger partial charge on any atom is 0.191 e. The average Bonchev–Trinajstić information content (AvgIpc) is 3.27. The summed E-state index contributed by atoms with van der Waals surface area (Å²) in [6.07, 6.45) is 5.79. The maximum atomic E-state index is 4.68. The standard InChI is InChI=1S/C17H27N3S/c1-3-18-17(19-11-7-8-12-21-2)20-16-13-15(16)14-9-5-4-6-10-14/h4-6,9-10,15-16H,3,7-8,11-13H2,1-2H3,(H2,18,19,20). The summed E-state index contributed by atoms with van der Waals surface area (Å²) in [6, 6.07) is 11.3. The predicted molar refractivity (Wildman–Crippen MR) is 94.3 cm³/mol. The van der Waals surface area contributed by atoms with E-state index < -0.39 is 0 Å². The van der Waals surface area contributed by atoms with Crippen molar-refractivity contribution in [3.63, 3.8) is 0 Å². The van der Waals surface area contributed by atoms with E-state index in [1.165, 1.54) is 30.6 Å². The minimum absolute atomic E-state index is 0.538. The molecule has 1 saturated carbocycles. The Morgan fingerprint density at radius 1 is 1.29 bits per heavy atom. The minimum Gasteiger partial charge on any atom is -0.357 e. The zero-order valence-corrected chi connectivity index (χ0v) is 14.0. The molecule has 4 heteroatoms. The highest BCUT2D eigenvalue weighted by Gasteiger charge is 2.38. The number of nitrogens with zero attached hydrogens (tertiary/aromatic N) is 1. The summed E-state index contributed by atoms with van der Waals surface area (Å²) in [5.41, 5.74) is 1.44. The first kappa shape index (κ1) is 16.2. The van der Waals surface area contributed by atoms with Crippen LogP contribution in [0.4, 0.5) is 0 Å². The number of nitrogens with one attached hydrogen (secondary N) is 2. The quantitative estimate of drug-likeness (QED) is 0.440. The third-order valence-electron chi connectivity index (χ3n) is 3.71. The highest BCUT2D eigenvalue weighted by Crippen LogP contribution is 2.40.